The highest BCUT2D eigenvalue weighted by Gasteiger charge is 2.33. The molecule has 0 radical (unpaired) electrons. The van der Waals surface area contributed by atoms with Gasteiger partial charge in [-0.3, -0.25) is 13.9 Å². The van der Waals surface area contributed by atoms with Crippen molar-refractivity contribution in [3.8, 4) is 28.3 Å². The number of aliphatic hydroxyl groups is 1. The van der Waals surface area contributed by atoms with Crippen LogP contribution < -0.4 is 26.6 Å². The fraction of sp³-hybridized carbons (Fsp3) is 0.343. The molecule has 5 aromatic rings. The molecule has 0 amide bonds. The Morgan fingerprint density at radius 3 is 2.60 bits per heavy atom. The van der Waals surface area contributed by atoms with E-state index in [-0.39, 0.29) is 23.1 Å². The second-order valence-electron chi connectivity index (χ2n) is 12.3. The number of aromatic nitrogens is 5. The van der Waals surface area contributed by atoms with E-state index >= 15 is 0 Å². The fourth-order valence-electron chi connectivity index (χ4n) is 6.86. The van der Waals surface area contributed by atoms with Crippen molar-refractivity contribution in [3.63, 3.8) is 0 Å². The summed E-state index contributed by atoms with van der Waals surface area (Å²) < 4.78 is 13.6. The summed E-state index contributed by atoms with van der Waals surface area (Å²) >= 11 is 7.18. The quantitative estimate of drug-likeness (QED) is 0.231. The van der Waals surface area contributed by atoms with E-state index in [9.17, 15) is 14.7 Å². The van der Waals surface area contributed by atoms with Gasteiger partial charge in [0.05, 0.1) is 30.5 Å². The molecule has 3 atom stereocenters. The van der Waals surface area contributed by atoms with Crippen LogP contribution >= 0.6 is 11.6 Å². The smallest absolute Gasteiger partial charge is 0.332 e. The predicted octanol–water partition coefficient (Wildman–Crippen LogP) is 4.20. The zero-order valence-corrected chi connectivity index (χ0v) is 27.8. The standard InChI is InChI=1S/C35H36ClN7O5/c1-18-20(7-6-10-23(18)40-31-29-32(38-17-37-31)42(2)35(46)43(3)34(29)45)21-8-5-9-22(30(21)36)26-15-19-11-12-25(28(19)33(41-26)47-4)39-24-13-14-48-16-27(24)44/h5-10,15,17,24-25,27,39,44H,11-14,16H2,1-4H3,(H,37,38,40). The van der Waals surface area contributed by atoms with E-state index in [1.54, 1.807) is 14.2 Å². The maximum absolute atomic E-state index is 13.1. The Bertz CT molecular complexity index is 2180. The molecule has 248 valence electrons. The van der Waals surface area contributed by atoms with Gasteiger partial charge in [-0.25, -0.2) is 19.7 Å². The monoisotopic (exact) mass is 669 g/mol. The molecular formula is C35H36ClN7O5. The number of rotatable bonds is 7. The molecule has 48 heavy (non-hydrogen) atoms. The molecule has 2 aromatic carbocycles. The van der Waals surface area contributed by atoms with Crippen molar-refractivity contribution in [1.82, 2.24) is 29.4 Å². The summed E-state index contributed by atoms with van der Waals surface area (Å²) in [5.41, 5.74) is 6.24. The molecule has 0 spiro atoms. The number of pyridine rings is 1. The average molecular weight is 670 g/mol. The molecule has 1 aliphatic heterocycles. The van der Waals surface area contributed by atoms with E-state index in [1.807, 2.05) is 43.3 Å². The molecule has 1 fully saturated rings. The third-order valence-electron chi connectivity index (χ3n) is 9.48. The molecule has 0 bridgehead atoms. The minimum atomic E-state index is -0.553. The molecule has 0 saturated carbocycles. The van der Waals surface area contributed by atoms with Crippen molar-refractivity contribution in [2.24, 2.45) is 14.1 Å². The van der Waals surface area contributed by atoms with Crippen molar-refractivity contribution in [2.75, 3.05) is 25.6 Å². The van der Waals surface area contributed by atoms with E-state index in [0.29, 0.717) is 35.6 Å². The first-order valence-corrected chi connectivity index (χ1v) is 16.2. The number of halogens is 1. The SMILES string of the molecule is COc1nc(-c2cccc(-c3cccc(Nc4ncnc5c4c(=O)n(C)c(=O)n5C)c3C)c2Cl)cc2c1C(NC1CCOCC1O)CC2. The van der Waals surface area contributed by atoms with Gasteiger partial charge in [-0.15, -0.1) is 0 Å². The molecule has 1 aliphatic carbocycles. The molecule has 3 N–H and O–H groups in total. The zero-order chi connectivity index (χ0) is 33.7. The Labute approximate surface area is 281 Å². The summed E-state index contributed by atoms with van der Waals surface area (Å²) in [6.07, 6.45) is 3.24. The second-order valence-corrected chi connectivity index (χ2v) is 12.7. The van der Waals surface area contributed by atoms with Crippen LogP contribution in [0.3, 0.4) is 0 Å². The summed E-state index contributed by atoms with van der Waals surface area (Å²) in [5, 5.41) is 18.1. The Balaban J connectivity index is 1.24. The van der Waals surface area contributed by atoms with Gasteiger partial charge in [0, 0.05) is 55.2 Å². The molecule has 12 nitrogen and oxygen atoms in total. The van der Waals surface area contributed by atoms with E-state index in [0.717, 1.165) is 62.9 Å². The lowest BCUT2D eigenvalue weighted by Gasteiger charge is -2.31. The Morgan fingerprint density at radius 1 is 1.04 bits per heavy atom. The molecule has 4 heterocycles. The molecule has 3 unspecified atom stereocenters. The lowest BCUT2D eigenvalue weighted by Crippen LogP contribution is -2.47. The van der Waals surface area contributed by atoms with Crippen LogP contribution in [0.4, 0.5) is 11.5 Å². The number of benzene rings is 2. The van der Waals surface area contributed by atoms with Gasteiger partial charge in [-0.05, 0) is 55.0 Å². The maximum Gasteiger partial charge on any atom is 0.332 e. The Hall–Kier alpha value is -4.62. The normalized spacial score (nSPS) is 19.0. The molecule has 13 heteroatoms. The number of hydrogen-bond acceptors (Lipinski definition) is 10. The number of hydrogen-bond donors (Lipinski definition) is 3. The zero-order valence-electron chi connectivity index (χ0n) is 27.1. The van der Waals surface area contributed by atoms with Gasteiger partial charge in [0.25, 0.3) is 5.56 Å². The minimum absolute atomic E-state index is 0.0195. The van der Waals surface area contributed by atoms with Crippen LogP contribution in [0.25, 0.3) is 33.4 Å². The molecular weight excluding hydrogens is 634 g/mol. The third-order valence-corrected chi connectivity index (χ3v) is 9.89. The maximum atomic E-state index is 13.1. The van der Waals surface area contributed by atoms with Gasteiger partial charge in [0.15, 0.2) is 5.65 Å². The first-order chi connectivity index (χ1) is 23.2. The van der Waals surface area contributed by atoms with Crippen LogP contribution in [0, 0.1) is 6.92 Å². The van der Waals surface area contributed by atoms with Crippen LogP contribution in [0.2, 0.25) is 5.02 Å². The van der Waals surface area contributed by atoms with Crippen LogP contribution in [0.15, 0.2) is 58.4 Å². The van der Waals surface area contributed by atoms with Crippen LogP contribution in [-0.2, 0) is 25.3 Å². The lowest BCUT2D eigenvalue weighted by molar-refractivity contribution is -0.0304. The summed E-state index contributed by atoms with van der Waals surface area (Å²) in [5.74, 6) is 0.841. The van der Waals surface area contributed by atoms with Crippen LogP contribution in [0.5, 0.6) is 5.88 Å². The van der Waals surface area contributed by atoms with E-state index < -0.39 is 17.4 Å². The van der Waals surface area contributed by atoms with Crippen molar-refractivity contribution in [3.05, 3.63) is 91.3 Å². The number of anilines is 2. The van der Waals surface area contributed by atoms with E-state index in [1.165, 1.54) is 17.9 Å². The highest BCUT2D eigenvalue weighted by Crippen LogP contribution is 2.43. The topological polar surface area (TPSA) is 145 Å². The molecule has 7 rings (SSSR count). The first-order valence-electron chi connectivity index (χ1n) is 15.8. The molecule has 2 aliphatic rings. The van der Waals surface area contributed by atoms with E-state index in [2.05, 4.69) is 26.7 Å². The van der Waals surface area contributed by atoms with Crippen LogP contribution in [0.1, 0.15) is 35.6 Å². The fourth-order valence-corrected chi connectivity index (χ4v) is 7.19. The number of nitrogens with zero attached hydrogens (tertiary/aromatic N) is 5. The van der Waals surface area contributed by atoms with Gasteiger partial charge in [0.1, 0.15) is 17.5 Å². The minimum Gasteiger partial charge on any atom is -0.481 e. The van der Waals surface area contributed by atoms with Gasteiger partial charge >= 0.3 is 5.69 Å². The average Bonchev–Trinajstić information content (AvgIpc) is 3.50. The predicted molar refractivity (Wildman–Crippen MR) is 184 cm³/mol. The highest BCUT2D eigenvalue weighted by molar-refractivity contribution is 6.36. The van der Waals surface area contributed by atoms with E-state index in [4.69, 9.17) is 26.1 Å². The number of aryl methyl sites for hydroxylation is 2. The van der Waals surface area contributed by atoms with Crippen molar-refractivity contribution in [1.29, 1.82) is 0 Å². The summed E-state index contributed by atoms with van der Waals surface area (Å²) in [4.78, 5) is 39.1. The van der Waals surface area contributed by atoms with Crippen LogP contribution in [-0.4, -0.2) is 61.7 Å². The summed E-state index contributed by atoms with van der Waals surface area (Å²) in [6.45, 7) is 2.92. The van der Waals surface area contributed by atoms with Gasteiger partial charge < -0.3 is 25.2 Å². The number of fused-ring (bicyclic) bond motifs is 2. The molecule has 3 aromatic heterocycles. The van der Waals surface area contributed by atoms with Gasteiger partial charge in [-0.1, -0.05) is 41.9 Å². The van der Waals surface area contributed by atoms with Crippen molar-refractivity contribution >= 4 is 34.1 Å². The Kier molecular flexibility index (Phi) is 8.50. The van der Waals surface area contributed by atoms with Gasteiger partial charge in [-0.2, -0.15) is 0 Å². The third kappa shape index (κ3) is 5.44. The lowest BCUT2D eigenvalue weighted by atomic mass is 9.96. The number of ether oxygens (including phenoxy) is 2. The second kappa shape index (κ2) is 12.8. The first kappa shape index (κ1) is 32.0. The molecule has 1 saturated heterocycles. The Morgan fingerprint density at radius 2 is 1.81 bits per heavy atom. The number of methoxy groups -OCH3 is 1. The van der Waals surface area contributed by atoms with Crippen molar-refractivity contribution < 1.29 is 14.6 Å². The highest BCUT2D eigenvalue weighted by atomic mass is 35.5. The number of aliphatic hydroxyl groups excluding tert-OH is 1. The van der Waals surface area contributed by atoms with Crippen molar-refractivity contribution in [2.45, 2.75) is 44.4 Å². The summed E-state index contributed by atoms with van der Waals surface area (Å²) in [6, 6.07) is 13.7. The largest absolute Gasteiger partial charge is 0.481 e. The number of nitrogens with one attached hydrogen (secondary N) is 2. The summed E-state index contributed by atoms with van der Waals surface area (Å²) in [7, 11) is 4.63. The van der Waals surface area contributed by atoms with Gasteiger partial charge in [0.2, 0.25) is 5.88 Å².